The van der Waals surface area contributed by atoms with Gasteiger partial charge in [-0.05, 0) is 12.0 Å². The lowest BCUT2D eigenvalue weighted by Gasteiger charge is -2.18. The molecule has 0 spiro atoms. The van der Waals surface area contributed by atoms with Gasteiger partial charge >= 0.3 is 0 Å². The maximum atomic E-state index is 12.2. The van der Waals surface area contributed by atoms with Gasteiger partial charge in [0.25, 0.3) is 5.91 Å². The van der Waals surface area contributed by atoms with Crippen molar-refractivity contribution < 1.29 is 4.79 Å². The van der Waals surface area contributed by atoms with E-state index in [1.807, 2.05) is 30.3 Å². The first-order valence-corrected chi connectivity index (χ1v) is 6.87. The molecule has 1 atom stereocenters. The van der Waals surface area contributed by atoms with Gasteiger partial charge in [0.05, 0.1) is 12.2 Å². The normalized spacial score (nSPS) is 12.0. The molecular weight excluding hydrogens is 282 g/mol. The number of carbonyl (C=O) groups excluding carboxylic acids is 1. The van der Waals surface area contributed by atoms with Crippen LogP contribution in [0.3, 0.4) is 0 Å². The molecule has 1 amide bonds. The molecule has 2 N–H and O–H groups in total. The van der Waals surface area contributed by atoms with Crippen molar-refractivity contribution in [3.63, 3.8) is 0 Å². The molecule has 0 aliphatic carbocycles. The average molecular weight is 297 g/mol. The lowest BCUT2D eigenvalue weighted by atomic mass is 10.0. The Bertz CT molecular complexity index is 694. The second-order valence-electron chi connectivity index (χ2n) is 4.74. The zero-order chi connectivity index (χ0) is 15.2. The van der Waals surface area contributed by atoms with Gasteiger partial charge in [0, 0.05) is 6.54 Å². The Balaban J connectivity index is 1.72. The Morgan fingerprint density at radius 1 is 1.32 bits per heavy atom. The van der Waals surface area contributed by atoms with E-state index in [4.69, 9.17) is 0 Å². The molecule has 3 rings (SSSR count). The number of H-pyrrole nitrogens is 1. The Hall–Kier alpha value is -3.03. The van der Waals surface area contributed by atoms with E-state index < -0.39 is 0 Å². The van der Waals surface area contributed by atoms with Crippen molar-refractivity contribution in [3.8, 4) is 0 Å². The number of aryl methyl sites for hydroxylation is 1. The van der Waals surface area contributed by atoms with Crippen molar-refractivity contribution in [1.82, 2.24) is 35.5 Å². The van der Waals surface area contributed by atoms with Crippen molar-refractivity contribution in [2.75, 3.05) is 0 Å². The fraction of sp³-hybridized carbons (Fsp3) is 0.214. The second kappa shape index (κ2) is 6.61. The zero-order valence-corrected chi connectivity index (χ0v) is 11.8. The fourth-order valence-corrected chi connectivity index (χ4v) is 2.16. The predicted molar refractivity (Wildman–Crippen MR) is 77.7 cm³/mol. The Kier molecular flexibility index (Phi) is 4.19. The molecule has 2 heterocycles. The fourth-order valence-electron chi connectivity index (χ4n) is 2.16. The molecule has 0 saturated carbocycles. The highest BCUT2D eigenvalue weighted by atomic mass is 16.2. The highest BCUT2D eigenvalue weighted by molar-refractivity contribution is 5.92. The maximum absolute atomic E-state index is 12.2. The van der Waals surface area contributed by atoms with Crippen molar-refractivity contribution in [1.29, 1.82) is 0 Å². The number of hydrogen-bond acceptors (Lipinski definition) is 5. The third kappa shape index (κ3) is 3.35. The number of rotatable bonds is 6. The van der Waals surface area contributed by atoms with Crippen LogP contribution in [0.15, 0.2) is 49.2 Å². The van der Waals surface area contributed by atoms with E-state index in [-0.39, 0.29) is 17.6 Å². The van der Waals surface area contributed by atoms with Crippen LogP contribution < -0.4 is 5.32 Å². The summed E-state index contributed by atoms with van der Waals surface area (Å²) in [7, 11) is 0. The molecule has 3 aromatic rings. The number of benzene rings is 1. The predicted octanol–water partition coefficient (Wildman–Crippen LogP) is 0.958. The number of aromatic nitrogens is 6. The van der Waals surface area contributed by atoms with Gasteiger partial charge in [0.1, 0.15) is 12.7 Å². The minimum atomic E-state index is -0.263. The number of hydrogen-bond donors (Lipinski definition) is 2. The molecule has 1 aromatic carbocycles. The first-order chi connectivity index (χ1) is 10.8. The molecule has 0 aliphatic heterocycles. The van der Waals surface area contributed by atoms with Crippen molar-refractivity contribution >= 4 is 5.91 Å². The Morgan fingerprint density at radius 3 is 2.86 bits per heavy atom. The van der Waals surface area contributed by atoms with E-state index >= 15 is 0 Å². The third-order valence-corrected chi connectivity index (χ3v) is 3.27. The van der Waals surface area contributed by atoms with Gasteiger partial charge in [0.2, 0.25) is 0 Å². The second-order valence-corrected chi connectivity index (χ2v) is 4.74. The summed E-state index contributed by atoms with van der Waals surface area (Å²) in [5.41, 5.74) is 1.29. The molecule has 0 saturated heterocycles. The van der Waals surface area contributed by atoms with Crippen molar-refractivity contribution in [2.45, 2.75) is 19.0 Å². The van der Waals surface area contributed by atoms with Gasteiger partial charge in [-0.2, -0.15) is 20.5 Å². The van der Waals surface area contributed by atoms with E-state index in [9.17, 15) is 4.79 Å². The largest absolute Gasteiger partial charge is 0.344 e. The minimum absolute atomic E-state index is 0.144. The topological polar surface area (TPSA) is 101 Å². The number of amides is 1. The monoisotopic (exact) mass is 297 g/mol. The Morgan fingerprint density at radius 2 is 2.18 bits per heavy atom. The molecule has 8 nitrogen and oxygen atoms in total. The van der Waals surface area contributed by atoms with E-state index in [0.29, 0.717) is 13.0 Å². The number of nitrogens with zero attached hydrogens (tertiary/aromatic N) is 5. The van der Waals surface area contributed by atoms with Crippen LogP contribution in [0.2, 0.25) is 0 Å². The number of carbonyl (C=O) groups is 1. The summed E-state index contributed by atoms with van der Waals surface area (Å²) in [6, 6.07) is 9.65. The first-order valence-electron chi connectivity index (χ1n) is 6.87. The van der Waals surface area contributed by atoms with Crippen molar-refractivity contribution in [3.05, 3.63) is 60.4 Å². The van der Waals surface area contributed by atoms with Crippen LogP contribution in [0, 0.1) is 0 Å². The summed E-state index contributed by atoms with van der Waals surface area (Å²) in [4.78, 5) is 16.1. The van der Waals surface area contributed by atoms with E-state index in [1.165, 1.54) is 12.5 Å². The van der Waals surface area contributed by atoms with Crippen molar-refractivity contribution in [2.24, 2.45) is 0 Å². The van der Waals surface area contributed by atoms with Gasteiger partial charge in [-0.1, -0.05) is 30.3 Å². The summed E-state index contributed by atoms with van der Waals surface area (Å²) in [6.45, 7) is 0.651. The van der Waals surface area contributed by atoms with E-state index in [2.05, 4.69) is 30.8 Å². The molecule has 0 fully saturated rings. The molecule has 112 valence electrons. The smallest absolute Gasteiger partial charge is 0.273 e. The van der Waals surface area contributed by atoms with Crippen LogP contribution in [0.4, 0.5) is 0 Å². The summed E-state index contributed by atoms with van der Waals surface area (Å²) in [5, 5.41) is 16.9. The van der Waals surface area contributed by atoms with Crippen LogP contribution >= 0.6 is 0 Å². The zero-order valence-electron chi connectivity index (χ0n) is 11.8. The summed E-state index contributed by atoms with van der Waals surface area (Å²) in [6.07, 6.45) is 5.23. The Labute approximate surface area is 126 Å². The minimum Gasteiger partial charge on any atom is -0.344 e. The van der Waals surface area contributed by atoms with Gasteiger partial charge in [-0.3, -0.25) is 9.48 Å². The lowest BCUT2D eigenvalue weighted by molar-refractivity contribution is 0.0928. The standard InChI is InChI=1S/C14H15N7O/c22-14(13-8-16-20-19-13)18-12(11-4-2-1-3-5-11)6-7-21-10-15-9-17-21/h1-5,8-10,12H,6-7H2,(H,18,22)(H,16,19,20). The summed E-state index contributed by atoms with van der Waals surface area (Å²) >= 11 is 0. The molecule has 2 aromatic heterocycles. The third-order valence-electron chi connectivity index (χ3n) is 3.27. The van der Waals surface area contributed by atoms with Gasteiger partial charge in [0.15, 0.2) is 5.69 Å². The molecule has 0 bridgehead atoms. The molecular formula is C14H15N7O. The molecule has 0 radical (unpaired) electrons. The summed E-state index contributed by atoms with van der Waals surface area (Å²) in [5.74, 6) is -0.263. The number of aromatic amines is 1. The van der Waals surface area contributed by atoms with Crippen LogP contribution in [-0.4, -0.2) is 36.1 Å². The first kappa shape index (κ1) is 13.9. The molecule has 8 heteroatoms. The average Bonchev–Trinajstić information content (AvgIpc) is 3.25. The lowest BCUT2D eigenvalue weighted by Crippen LogP contribution is -2.29. The quantitative estimate of drug-likeness (QED) is 0.705. The number of nitrogens with one attached hydrogen (secondary N) is 2. The molecule has 22 heavy (non-hydrogen) atoms. The highest BCUT2D eigenvalue weighted by Gasteiger charge is 2.17. The SMILES string of the molecule is O=C(NC(CCn1cncn1)c1ccccc1)c1cn[nH]n1. The van der Waals surface area contributed by atoms with E-state index in [0.717, 1.165) is 5.56 Å². The van der Waals surface area contributed by atoms with E-state index in [1.54, 1.807) is 11.0 Å². The maximum Gasteiger partial charge on any atom is 0.273 e. The molecule has 1 unspecified atom stereocenters. The molecule has 0 aliphatic rings. The van der Waals surface area contributed by atoms with Crippen LogP contribution in [-0.2, 0) is 6.54 Å². The highest BCUT2D eigenvalue weighted by Crippen LogP contribution is 2.17. The van der Waals surface area contributed by atoms with Gasteiger partial charge in [-0.25, -0.2) is 4.98 Å². The van der Waals surface area contributed by atoms with Gasteiger partial charge in [-0.15, -0.1) is 0 Å². The van der Waals surface area contributed by atoms with Crippen LogP contribution in [0.5, 0.6) is 0 Å². The van der Waals surface area contributed by atoms with Crippen LogP contribution in [0.1, 0.15) is 28.5 Å². The summed E-state index contributed by atoms with van der Waals surface area (Å²) < 4.78 is 1.73. The van der Waals surface area contributed by atoms with Gasteiger partial charge < -0.3 is 5.32 Å². The van der Waals surface area contributed by atoms with Crippen LogP contribution in [0.25, 0.3) is 0 Å².